The smallest absolute Gasteiger partial charge is 0.335 e. The van der Waals surface area contributed by atoms with E-state index in [0.29, 0.717) is 44.9 Å². The average molecular weight is 1410 g/mol. The SMILES string of the molecule is CC1OC(OC2C(CO)OC(OC3C(OC4CCC5(C)C(CCC6(C)C5CC=C5C7CC(C)(C(=O)OC8OC(CO)C(O)C(O)C8OC8OC(CO)C(O)C(O)C8O)CCC7(C)CCC56C)C4(C)C)OC(C(=O)O)C(O)C3O)C(OC3OC(C)C(O)C(O)C3O)C2O)C(O)C(O)C1O. The molecule has 6 saturated heterocycles. The molecule has 6 heterocycles. The zero-order valence-corrected chi connectivity index (χ0v) is 56.7. The second-order valence-electron chi connectivity index (χ2n) is 31.8. The molecule has 5 aliphatic carbocycles. The topological polar surface area (TPSA) is 509 Å². The van der Waals surface area contributed by atoms with Gasteiger partial charge < -0.3 is 149 Å². The first-order valence-corrected chi connectivity index (χ1v) is 34.6. The van der Waals surface area contributed by atoms with Crippen molar-refractivity contribution in [3.05, 3.63) is 11.6 Å². The Morgan fingerprint density at radius 1 is 0.459 bits per heavy atom. The highest BCUT2D eigenvalue weighted by molar-refractivity contribution is 5.77. The Labute approximate surface area is 567 Å². The molecule has 0 aromatic heterocycles. The van der Waals surface area contributed by atoms with Gasteiger partial charge in [0, 0.05) is 0 Å². The predicted octanol–water partition coefficient (Wildman–Crippen LogP) is -4.24. The highest BCUT2D eigenvalue weighted by Crippen LogP contribution is 2.76. The molecule has 39 atom stereocenters. The molecule has 0 aromatic carbocycles. The summed E-state index contributed by atoms with van der Waals surface area (Å²) >= 11 is 0. The summed E-state index contributed by atoms with van der Waals surface area (Å²) in [6, 6.07) is 0. The molecule has 32 nitrogen and oxygen atoms in total. The summed E-state index contributed by atoms with van der Waals surface area (Å²) in [5.74, 6) is -2.43. The van der Waals surface area contributed by atoms with Crippen molar-refractivity contribution in [2.24, 2.45) is 50.2 Å². The monoisotopic (exact) mass is 1410 g/mol. The van der Waals surface area contributed by atoms with E-state index < -0.39 is 233 Å². The zero-order valence-electron chi connectivity index (χ0n) is 56.7. The standard InChI is InChI=1S/C66H106O32/c1-24-34(70)38(74)44(80)54(87-24)93-48-30(23-69)91-57(52(47(48)83)96-55-45(81)39(75)35(71)25(2)88-55)97-51-43(79)42(78)49(53(84)85)94-59(51)92-33-13-14-64(7)31(61(33,3)4)12-15-66(9)32(64)11-10-26-27-20-63(6,17-16-62(27,5)18-19-65(26,66)8)60(86)98-58-50(41(77)37(73)29(22-68)90-58)95-56-46(82)40(76)36(72)28(21-67)89-56/h10,24-25,27-52,54-59,67-83H,11-23H2,1-9H3,(H,84,85). The van der Waals surface area contributed by atoms with Gasteiger partial charge in [-0.15, -0.1) is 0 Å². The van der Waals surface area contributed by atoms with E-state index in [1.54, 1.807) is 0 Å². The van der Waals surface area contributed by atoms with Crippen LogP contribution in [0.4, 0.5) is 0 Å². The van der Waals surface area contributed by atoms with Crippen molar-refractivity contribution < 1.29 is 158 Å². The third-order valence-corrected chi connectivity index (χ3v) is 25.8. The molecule has 39 unspecified atom stereocenters. The third kappa shape index (κ3) is 13.0. The van der Waals surface area contributed by atoms with E-state index in [1.807, 2.05) is 6.92 Å². The van der Waals surface area contributed by atoms with Gasteiger partial charge in [-0.2, -0.15) is 0 Å². The van der Waals surface area contributed by atoms with E-state index in [1.165, 1.54) is 19.4 Å². The minimum Gasteiger partial charge on any atom is -0.479 e. The van der Waals surface area contributed by atoms with Crippen LogP contribution in [0.25, 0.3) is 0 Å². The Morgan fingerprint density at radius 2 is 0.929 bits per heavy atom. The number of allylic oxidation sites excluding steroid dienone is 2. The largest absolute Gasteiger partial charge is 0.479 e. The summed E-state index contributed by atoms with van der Waals surface area (Å²) in [4.78, 5) is 27.7. The molecule has 0 aromatic rings. The van der Waals surface area contributed by atoms with Crippen LogP contribution in [-0.2, 0) is 66.4 Å². The van der Waals surface area contributed by atoms with Gasteiger partial charge in [-0.1, -0.05) is 53.2 Å². The van der Waals surface area contributed by atoms with Crippen molar-refractivity contribution in [3.63, 3.8) is 0 Å². The van der Waals surface area contributed by atoms with Gasteiger partial charge in [-0.05, 0) is 130 Å². The van der Waals surface area contributed by atoms with Crippen molar-refractivity contribution in [2.45, 2.75) is 317 Å². The maximum atomic E-state index is 14.9. The van der Waals surface area contributed by atoms with Crippen LogP contribution >= 0.6 is 0 Å². The number of fused-ring (bicyclic) bond motifs is 7. The van der Waals surface area contributed by atoms with E-state index in [4.69, 9.17) is 56.8 Å². The second kappa shape index (κ2) is 28.5. The number of aliphatic hydroxyl groups excluding tert-OH is 17. The number of carbonyl (C=O) groups excluding carboxylic acids is 1. The molecule has 6 aliphatic heterocycles. The van der Waals surface area contributed by atoms with Crippen LogP contribution in [0.3, 0.4) is 0 Å². The Bertz CT molecular complexity index is 2820. The van der Waals surface area contributed by atoms with Gasteiger partial charge in [0.2, 0.25) is 6.29 Å². The number of ether oxygens (including phenoxy) is 12. The highest BCUT2D eigenvalue weighted by Gasteiger charge is 2.70. The van der Waals surface area contributed by atoms with Crippen molar-refractivity contribution in [3.8, 4) is 0 Å². The van der Waals surface area contributed by atoms with Crippen LogP contribution in [0.15, 0.2) is 11.6 Å². The van der Waals surface area contributed by atoms with Crippen molar-refractivity contribution in [2.75, 3.05) is 19.8 Å². The van der Waals surface area contributed by atoms with Crippen LogP contribution in [0, 0.1) is 50.2 Å². The van der Waals surface area contributed by atoms with E-state index in [9.17, 15) is 102 Å². The number of carbonyl (C=O) groups is 2. The fraction of sp³-hybridized carbons (Fsp3) is 0.939. The molecule has 18 N–H and O–H groups in total. The molecule has 98 heavy (non-hydrogen) atoms. The lowest BCUT2D eigenvalue weighted by Crippen LogP contribution is -2.69. The highest BCUT2D eigenvalue weighted by atomic mass is 16.8. The molecule has 4 saturated carbocycles. The van der Waals surface area contributed by atoms with E-state index in [-0.39, 0.29) is 39.4 Å². The summed E-state index contributed by atoms with van der Waals surface area (Å²) in [7, 11) is 0. The molecular formula is C66H106O32. The first kappa shape index (κ1) is 76.7. The summed E-state index contributed by atoms with van der Waals surface area (Å²) in [5.41, 5.74) is -1.91. The van der Waals surface area contributed by atoms with Gasteiger partial charge in [0.1, 0.15) is 122 Å². The number of hydrogen-bond donors (Lipinski definition) is 18. The predicted molar refractivity (Wildman–Crippen MR) is 326 cm³/mol. The lowest BCUT2D eigenvalue weighted by Gasteiger charge is -2.71. The number of aliphatic carboxylic acids is 1. The minimum atomic E-state index is -2.17. The average Bonchev–Trinajstić information content (AvgIpc) is 0.677. The lowest BCUT2D eigenvalue weighted by molar-refractivity contribution is -0.406. The number of carboxylic acids is 1. The summed E-state index contributed by atoms with van der Waals surface area (Å²) in [6.45, 7) is 15.4. The zero-order chi connectivity index (χ0) is 71.7. The van der Waals surface area contributed by atoms with Gasteiger partial charge in [-0.3, -0.25) is 4.79 Å². The van der Waals surface area contributed by atoms with E-state index in [2.05, 4.69) is 47.6 Å². The second-order valence-corrected chi connectivity index (χ2v) is 31.8. The summed E-state index contributed by atoms with van der Waals surface area (Å²) < 4.78 is 72.5. The van der Waals surface area contributed by atoms with Gasteiger partial charge in [0.05, 0.1) is 43.5 Å². The molecule has 0 amide bonds. The van der Waals surface area contributed by atoms with Gasteiger partial charge in [-0.25, -0.2) is 4.79 Å². The summed E-state index contributed by atoms with van der Waals surface area (Å²) in [5, 5.41) is 196. The maximum absolute atomic E-state index is 14.9. The van der Waals surface area contributed by atoms with Crippen LogP contribution in [0.2, 0.25) is 0 Å². The van der Waals surface area contributed by atoms with Gasteiger partial charge in [0.15, 0.2) is 43.7 Å². The maximum Gasteiger partial charge on any atom is 0.335 e. The van der Waals surface area contributed by atoms with Crippen LogP contribution < -0.4 is 0 Å². The Morgan fingerprint density at radius 3 is 1.50 bits per heavy atom. The molecular weight excluding hydrogens is 1300 g/mol. The first-order chi connectivity index (χ1) is 45.9. The molecule has 0 radical (unpaired) electrons. The van der Waals surface area contributed by atoms with Crippen molar-refractivity contribution >= 4 is 11.9 Å². The summed E-state index contributed by atoms with van der Waals surface area (Å²) in [6.07, 6.45) is -45.6. The quantitative estimate of drug-likeness (QED) is 0.0395. The number of esters is 1. The van der Waals surface area contributed by atoms with Gasteiger partial charge in [0.25, 0.3) is 0 Å². The molecule has 32 heteroatoms. The molecule has 11 rings (SSSR count). The fourth-order valence-corrected chi connectivity index (χ4v) is 19.3. The lowest BCUT2D eigenvalue weighted by atomic mass is 9.33. The number of hydrogen-bond acceptors (Lipinski definition) is 31. The van der Waals surface area contributed by atoms with Crippen molar-refractivity contribution in [1.82, 2.24) is 0 Å². The fourth-order valence-electron chi connectivity index (χ4n) is 19.3. The molecule has 562 valence electrons. The minimum absolute atomic E-state index is 0.0599. The number of rotatable bonds is 16. The van der Waals surface area contributed by atoms with E-state index in [0.717, 1.165) is 19.3 Å². The molecule has 0 bridgehead atoms. The van der Waals surface area contributed by atoms with Crippen molar-refractivity contribution in [1.29, 1.82) is 0 Å². The third-order valence-electron chi connectivity index (χ3n) is 25.8. The Kier molecular flexibility index (Phi) is 22.3. The number of carboxylic acid groups (broad SMARTS) is 1. The molecule has 0 spiro atoms. The Balaban J connectivity index is 0.829. The van der Waals surface area contributed by atoms with E-state index >= 15 is 0 Å². The first-order valence-electron chi connectivity index (χ1n) is 34.6. The van der Waals surface area contributed by atoms with Crippen LogP contribution in [0.5, 0.6) is 0 Å². The molecule has 10 fully saturated rings. The van der Waals surface area contributed by atoms with Gasteiger partial charge >= 0.3 is 11.9 Å². The Hall–Kier alpha value is -2.44. The normalized spacial score (nSPS) is 55.0. The van der Waals surface area contributed by atoms with Crippen LogP contribution in [0.1, 0.15) is 127 Å². The number of aliphatic hydroxyl groups is 17. The van der Waals surface area contributed by atoms with Crippen LogP contribution in [-0.4, -0.2) is 314 Å². The molecule has 11 aliphatic rings.